The average Bonchev–Trinajstić information content (AvgIpc) is 2.14. The zero-order chi connectivity index (χ0) is 10.1. The SMILES string of the molecule is CCCC(CC)C(CCC)OP=O. The Hall–Kier alpha value is 0.0600. The summed E-state index contributed by atoms with van der Waals surface area (Å²) in [6.07, 6.45) is 5.78. The van der Waals surface area contributed by atoms with Crippen molar-refractivity contribution in [2.24, 2.45) is 5.92 Å². The summed E-state index contributed by atoms with van der Waals surface area (Å²) in [7, 11) is -0.166. The molecule has 0 radical (unpaired) electrons. The summed E-state index contributed by atoms with van der Waals surface area (Å²) in [5.41, 5.74) is 0. The zero-order valence-electron chi connectivity index (χ0n) is 8.95. The molecule has 13 heavy (non-hydrogen) atoms. The predicted molar refractivity (Wildman–Crippen MR) is 56.1 cm³/mol. The van der Waals surface area contributed by atoms with Gasteiger partial charge in [0.25, 0.3) is 0 Å². The molecule has 0 aromatic heterocycles. The maximum atomic E-state index is 10.4. The van der Waals surface area contributed by atoms with Crippen molar-refractivity contribution in [3.05, 3.63) is 0 Å². The van der Waals surface area contributed by atoms with Gasteiger partial charge in [-0.15, -0.1) is 0 Å². The third-order valence-electron chi connectivity index (χ3n) is 2.46. The molecule has 0 N–H and O–H groups in total. The third-order valence-corrected chi connectivity index (χ3v) is 2.82. The molecule has 0 aromatic rings. The van der Waals surface area contributed by atoms with Crippen LogP contribution in [-0.2, 0) is 9.09 Å². The normalized spacial score (nSPS) is 15.9. The maximum Gasteiger partial charge on any atom is 0.327 e. The van der Waals surface area contributed by atoms with Crippen molar-refractivity contribution in [3.63, 3.8) is 0 Å². The van der Waals surface area contributed by atoms with E-state index in [1.54, 1.807) is 0 Å². The van der Waals surface area contributed by atoms with Crippen molar-refractivity contribution in [1.29, 1.82) is 0 Å². The molecule has 0 heterocycles. The molecule has 0 rings (SSSR count). The molecule has 2 atom stereocenters. The van der Waals surface area contributed by atoms with Gasteiger partial charge in [0.1, 0.15) is 0 Å². The molecule has 0 aromatic carbocycles. The standard InChI is InChI=1S/C10H21O2P/c1-4-7-9(6-3)10(8-5-2)12-13-11/h9-10H,4-8H2,1-3H3. The van der Waals surface area contributed by atoms with Crippen LogP contribution in [0.15, 0.2) is 0 Å². The molecule has 0 spiro atoms. The molecule has 0 aliphatic rings. The molecule has 0 bridgehead atoms. The molecule has 0 aliphatic heterocycles. The molecule has 3 heteroatoms. The van der Waals surface area contributed by atoms with E-state index in [0.717, 1.165) is 19.3 Å². The fraction of sp³-hybridized carbons (Fsp3) is 1.00. The highest BCUT2D eigenvalue weighted by Crippen LogP contribution is 2.24. The highest BCUT2D eigenvalue weighted by Gasteiger charge is 2.19. The second-order valence-corrected chi connectivity index (χ2v) is 3.82. The first-order valence-electron chi connectivity index (χ1n) is 5.28. The summed E-state index contributed by atoms with van der Waals surface area (Å²) < 4.78 is 15.6. The van der Waals surface area contributed by atoms with Crippen LogP contribution < -0.4 is 0 Å². The quantitative estimate of drug-likeness (QED) is 0.554. The van der Waals surface area contributed by atoms with Gasteiger partial charge < -0.3 is 0 Å². The molecule has 0 saturated heterocycles. The second-order valence-electron chi connectivity index (χ2n) is 3.46. The van der Waals surface area contributed by atoms with E-state index in [9.17, 15) is 4.57 Å². The molecule has 0 saturated carbocycles. The van der Waals surface area contributed by atoms with Gasteiger partial charge in [0.05, 0.1) is 6.10 Å². The minimum absolute atomic E-state index is 0.166. The lowest BCUT2D eigenvalue weighted by atomic mass is 9.92. The third kappa shape index (κ3) is 5.38. The lowest BCUT2D eigenvalue weighted by Crippen LogP contribution is -2.20. The summed E-state index contributed by atoms with van der Waals surface area (Å²) in [5, 5.41) is 0. The van der Waals surface area contributed by atoms with Gasteiger partial charge in [0.2, 0.25) is 0 Å². The van der Waals surface area contributed by atoms with Crippen LogP contribution in [0.1, 0.15) is 52.9 Å². The second kappa shape index (κ2) is 8.65. The van der Waals surface area contributed by atoms with Crippen LogP contribution in [0.4, 0.5) is 0 Å². The summed E-state index contributed by atoms with van der Waals surface area (Å²) >= 11 is 0. The van der Waals surface area contributed by atoms with Crippen LogP contribution in [0.3, 0.4) is 0 Å². The topological polar surface area (TPSA) is 26.3 Å². The van der Waals surface area contributed by atoms with Gasteiger partial charge in [0.15, 0.2) is 0 Å². The molecular weight excluding hydrogens is 183 g/mol. The van der Waals surface area contributed by atoms with Gasteiger partial charge in [-0.1, -0.05) is 40.0 Å². The largest absolute Gasteiger partial charge is 0.327 e. The van der Waals surface area contributed by atoms with Gasteiger partial charge in [-0.05, 0) is 18.8 Å². The van der Waals surface area contributed by atoms with Crippen molar-refractivity contribution in [1.82, 2.24) is 0 Å². The van der Waals surface area contributed by atoms with E-state index in [0.29, 0.717) is 5.92 Å². The Morgan fingerprint density at radius 3 is 2.15 bits per heavy atom. The maximum absolute atomic E-state index is 10.4. The van der Waals surface area contributed by atoms with E-state index in [-0.39, 0.29) is 14.8 Å². The van der Waals surface area contributed by atoms with E-state index in [1.807, 2.05) is 0 Å². The van der Waals surface area contributed by atoms with Crippen LogP contribution in [0.2, 0.25) is 0 Å². The lowest BCUT2D eigenvalue weighted by molar-refractivity contribution is 0.129. The molecule has 2 unspecified atom stereocenters. The van der Waals surface area contributed by atoms with E-state index in [4.69, 9.17) is 4.52 Å². The molecule has 2 nitrogen and oxygen atoms in total. The van der Waals surface area contributed by atoms with Gasteiger partial charge in [-0.25, -0.2) is 4.57 Å². The van der Waals surface area contributed by atoms with Crippen LogP contribution in [0, 0.1) is 5.92 Å². The lowest BCUT2D eigenvalue weighted by Gasteiger charge is -2.22. The summed E-state index contributed by atoms with van der Waals surface area (Å²) in [6.45, 7) is 6.49. The minimum Gasteiger partial charge on any atom is -0.291 e. The first-order valence-corrected chi connectivity index (χ1v) is 6.01. The summed E-state index contributed by atoms with van der Waals surface area (Å²) in [5.74, 6) is 0.575. The van der Waals surface area contributed by atoms with Crippen molar-refractivity contribution < 1.29 is 9.09 Å². The first kappa shape index (κ1) is 13.1. The predicted octanol–water partition coefficient (Wildman–Crippen LogP) is 4.20. The van der Waals surface area contributed by atoms with Gasteiger partial charge in [0, 0.05) is 0 Å². The van der Waals surface area contributed by atoms with Gasteiger partial charge >= 0.3 is 8.69 Å². The Morgan fingerprint density at radius 1 is 1.15 bits per heavy atom. The molecule has 0 fully saturated rings. The van der Waals surface area contributed by atoms with E-state index >= 15 is 0 Å². The van der Waals surface area contributed by atoms with Crippen LogP contribution in [0.5, 0.6) is 0 Å². The van der Waals surface area contributed by atoms with Crippen molar-refractivity contribution in [3.8, 4) is 0 Å². The van der Waals surface area contributed by atoms with Crippen molar-refractivity contribution in [2.45, 2.75) is 59.0 Å². The van der Waals surface area contributed by atoms with Crippen LogP contribution in [-0.4, -0.2) is 6.10 Å². The van der Waals surface area contributed by atoms with E-state index in [2.05, 4.69) is 20.8 Å². The van der Waals surface area contributed by atoms with Crippen molar-refractivity contribution in [2.75, 3.05) is 0 Å². The average molecular weight is 204 g/mol. The molecule has 78 valence electrons. The first-order chi connectivity index (χ1) is 6.29. The minimum atomic E-state index is -0.166. The zero-order valence-corrected chi connectivity index (χ0v) is 9.85. The highest BCUT2D eigenvalue weighted by molar-refractivity contribution is 7.17. The van der Waals surface area contributed by atoms with Gasteiger partial charge in [-0.3, -0.25) is 4.52 Å². The molecule has 0 aliphatic carbocycles. The number of hydrogen-bond donors (Lipinski definition) is 0. The highest BCUT2D eigenvalue weighted by atomic mass is 31.1. The Balaban J connectivity index is 4.02. The fourth-order valence-electron chi connectivity index (χ4n) is 1.74. The van der Waals surface area contributed by atoms with Gasteiger partial charge in [-0.2, -0.15) is 0 Å². The fourth-order valence-corrected chi connectivity index (χ4v) is 2.13. The van der Waals surface area contributed by atoms with E-state index in [1.165, 1.54) is 12.8 Å². The summed E-state index contributed by atoms with van der Waals surface area (Å²) in [6, 6.07) is 0. The Kier molecular flexibility index (Phi) is 8.69. The number of hydrogen-bond acceptors (Lipinski definition) is 2. The Labute approximate surface area is 83.3 Å². The van der Waals surface area contributed by atoms with Crippen LogP contribution >= 0.6 is 8.69 Å². The smallest absolute Gasteiger partial charge is 0.291 e. The number of rotatable bonds is 8. The van der Waals surface area contributed by atoms with E-state index < -0.39 is 0 Å². The van der Waals surface area contributed by atoms with Crippen molar-refractivity contribution >= 4 is 8.69 Å². The Bertz CT molecular complexity index is 128. The van der Waals surface area contributed by atoms with Crippen LogP contribution in [0.25, 0.3) is 0 Å². The summed E-state index contributed by atoms with van der Waals surface area (Å²) in [4.78, 5) is 0. The molecule has 0 amide bonds. The molecular formula is C10H21O2P. The monoisotopic (exact) mass is 204 g/mol. The Morgan fingerprint density at radius 2 is 1.77 bits per heavy atom.